The molecule has 0 bridgehead atoms. The maximum absolute atomic E-state index is 13.3. The second-order valence-corrected chi connectivity index (χ2v) is 7.57. The monoisotopic (exact) mass is 461 g/mol. The largest absolute Gasteiger partial charge is 0.422 e. The average Bonchev–Trinajstić information content (AvgIpc) is 3.05. The number of hydrogen-bond donors (Lipinski definition) is 0. The van der Waals surface area contributed by atoms with E-state index in [4.69, 9.17) is 4.74 Å². The van der Waals surface area contributed by atoms with Crippen LogP contribution in [0, 0.1) is 0 Å². The van der Waals surface area contributed by atoms with Crippen molar-refractivity contribution in [3.8, 4) is 0 Å². The highest BCUT2D eigenvalue weighted by Gasteiger charge is 2.40. The molecule has 2 amide bonds. The van der Waals surface area contributed by atoms with Gasteiger partial charge in [-0.2, -0.15) is 0 Å². The van der Waals surface area contributed by atoms with Crippen LogP contribution in [0.3, 0.4) is 0 Å². The van der Waals surface area contributed by atoms with Crippen molar-refractivity contribution >= 4 is 39.3 Å². The Bertz CT molecular complexity index is 1140. The predicted octanol–water partition coefficient (Wildman–Crippen LogP) is 5.22. The van der Waals surface area contributed by atoms with Gasteiger partial charge in [0.05, 0.1) is 12.1 Å². The molecule has 1 saturated heterocycles. The summed E-state index contributed by atoms with van der Waals surface area (Å²) in [5.74, 6) is -1.27. The minimum atomic E-state index is -0.799. The number of allylic oxidation sites excluding steroid dienone is 1. The van der Waals surface area contributed by atoms with Gasteiger partial charge in [-0.3, -0.25) is 9.59 Å². The predicted molar refractivity (Wildman–Crippen MR) is 115 cm³/mol. The molecule has 0 spiro atoms. The number of halogens is 1. The zero-order valence-electron chi connectivity index (χ0n) is 15.7. The zero-order chi connectivity index (χ0) is 21.1. The molecule has 0 aromatic heterocycles. The van der Waals surface area contributed by atoms with E-state index in [0.717, 1.165) is 14.9 Å². The molecule has 148 valence electrons. The van der Waals surface area contributed by atoms with Crippen LogP contribution in [-0.4, -0.2) is 22.7 Å². The summed E-state index contributed by atoms with van der Waals surface area (Å²) in [6.45, 7) is 0.0516. The number of Topliss-reactive ketones (excluding diaryl/α,β-unsaturated/α-hetero) is 1. The second-order valence-electron chi connectivity index (χ2n) is 6.65. The van der Waals surface area contributed by atoms with Crippen molar-refractivity contribution in [2.24, 2.45) is 0 Å². The van der Waals surface area contributed by atoms with Gasteiger partial charge < -0.3 is 4.74 Å². The van der Waals surface area contributed by atoms with E-state index in [1.807, 2.05) is 12.1 Å². The van der Waals surface area contributed by atoms with E-state index in [1.54, 1.807) is 72.8 Å². The molecule has 5 nitrogen and oxygen atoms in total. The molecule has 1 fully saturated rings. The third-order valence-electron chi connectivity index (χ3n) is 4.66. The first-order valence-electron chi connectivity index (χ1n) is 9.22. The Kier molecular flexibility index (Phi) is 5.59. The van der Waals surface area contributed by atoms with E-state index in [-0.39, 0.29) is 23.7 Å². The zero-order valence-corrected chi connectivity index (χ0v) is 17.3. The Hall–Kier alpha value is -3.51. The maximum Gasteiger partial charge on any atom is 0.422 e. The minimum Gasteiger partial charge on any atom is -0.403 e. The van der Waals surface area contributed by atoms with Gasteiger partial charge in [-0.25, -0.2) is 9.69 Å². The number of ketones is 1. The van der Waals surface area contributed by atoms with Gasteiger partial charge in [0.25, 0.3) is 5.91 Å². The fourth-order valence-electron chi connectivity index (χ4n) is 3.16. The maximum atomic E-state index is 13.3. The Labute approximate surface area is 181 Å². The topological polar surface area (TPSA) is 63.7 Å². The Balaban J connectivity index is 1.76. The van der Waals surface area contributed by atoms with E-state index in [2.05, 4.69) is 15.9 Å². The summed E-state index contributed by atoms with van der Waals surface area (Å²) in [4.78, 5) is 39.8. The third kappa shape index (κ3) is 3.95. The lowest BCUT2D eigenvalue weighted by molar-refractivity contribution is -0.123. The second kappa shape index (κ2) is 8.47. The van der Waals surface area contributed by atoms with Crippen molar-refractivity contribution in [2.75, 3.05) is 0 Å². The third-order valence-corrected chi connectivity index (χ3v) is 5.18. The highest BCUT2D eigenvalue weighted by molar-refractivity contribution is 9.10. The summed E-state index contributed by atoms with van der Waals surface area (Å²) in [7, 11) is 0. The summed E-state index contributed by atoms with van der Waals surface area (Å²) in [6.07, 6.45) is -0.799. The molecule has 0 N–H and O–H groups in total. The lowest BCUT2D eigenvalue weighted by Crippen LogP contribution is -2.28. The van der Waals surface area contributed by atoms with Crippen LogP contribution in [0.5, 0.6) is 0 Å². The SMILES string of the molecule is O=C(C(=C1OC(=O)N(Cc2ccc(Br)cc2)C1=O)c1ccccc1)c1ccccc1. The van der Waals surface area contributed by atoms with Crippen LogP contribution >= 0.6 is 15.9 Å². The summed E-state index contributed by atoms with van der Waals surface area (Å²) in [6, 6.07) is 24.6. The average molecular weight is 462 g/mol. The van der Waals surface area contributed by atoms with E-state index in [1.165, 1.54) is 0 Å². The van der Waals surface area contributed by atoms with Crippen LogP contribution in [0.25, 0.3) is 5.57 Å². The molecule has 0 radical (unpaired) electrons. The highest BCUT2D eigenvalue weighted by Crippen LogP contribution is 2.30. The van der Waals surface area contributed by atoms with E-state index >= 15 is 0 Å². The lowest BCUT2D eigenvalue weighted by atomic mass is 9.95. The standard InChI is InChI=1S/C24H16BrNO4/c25-19-13-11-16(12-14-19)15-26-23(28)22(30-24(26)29)20(17-7-3-1-4-8-17)21(27)18-9-5-2-6-10-18/h1-14H,15H2. The quantitative estimate of drug-likeness (QED) is 0.385. The first-order valence-corrected chi connectivity index (χ1v) is 10.0. The molecule has 3 aromatic carbocycles. The number of amides is 2. The van der Waals surface area contributed by atoms with Crippen LogP contribution in [0.1, 0.15) is 21.5 Å². The van der Waals surface area contributed by atoms with Crippen molar-refractivity contribution in [1.29, 1.82) is 0 Å². The fourth-order valence-corrected chi connectivity index (χ4v) is 3.43. The van der Waals surface area contributed by atoms with Gasteiger partial charge in [-0.05, 0) is 23.3 Å². The normalized spacial score (nSPS) is 15.2. The summed E-state index contributed by atoms with van der Waals surface area (Å²) < 4.78 is 6.22. The molecular weight excluding hydrogens is 446 g/mol. The molecular formula is C24H16BrNO4. The molecule has 0 atom stereocenters. The number of imide groups is 1. The van der Waals surface area contributed by atoms with Crippen molar-refractivity contribution < 1.29 is 19.1 Å². The Morgan fingerprint density at radius 2 is 1.37 bits per heavy atom. The van der Waals surface area contributed by atoms with Crippen LogP contribution in [-0.2, 0) is 16.1 Å². The lowest BCUT2D eigenvalue weighted by Gasteiger charge is -2.11. The molecule has 3 aromatic rings. The number of benzene rings is 3. The van der Waals surface area contributed by atoms with Gasteiger partial charge in [0.15, 0.2) is 5.78 Å². The summed E-state index contributed by atoms with van der Waals surface area (Å²) in [5, 5.41) is 0. The first-order chi connectivity index (χ1) is 14.5. The first kappa shape index (κ1) is 19.8. The summed E-state index contributed by atoms with van der Waals surface area (Å²) in [5.41, 5.74) is 1.74. The minimum absolute atomic E-state index is 0.0516. The molecule has 30 heavy (non-hydrogen) atoms. The number of rotatable bonds is 5. The molecule has 0 saturated carbocycles. The molecule has 6 heteroatoms. The van der Waals surface area contributed by atoms with Crippen LogP contribution in [0.2, 0.25) is 0 Å². The van der Waals surface area contributed by atoms with E-state index < -0.39 is 12.0 Å². The molecule has 0 unspecified atom stereocenters. The number of hydrogen-bond acceptors (Lipinski definition) is 4. The number of ether oxygens (including phenoxy) is 1. The Morgan fingerprint density at radius 1 is 0.800 bits per heavy atom. The van der Waals surface area contributed by atoms with Crippen LogP contribution < -0.4 is 0 Å². The van der Waals surface area contributed by atoms with E-state index in [0.29, 0.717) is 11.1 Å². The van der Waals surface area contributed by atoms with Gasteiger partial charge in [-0.15, -0.1) is 0 Å². The van der Waals surface area contributed by atoms with Crippen molar-refractivity contribution in [3.05, 3.63) is 112 Å². The molecule has 4 rings (SSSR count). The van der Waals surface area contributed by atoms with Crippen molar-refractivity contribution in [1.82, 2.24) is 4.90 Å². The highest BCUT2D eigenvalue weighted by atomic mass is 79.9. The fraction of sp³-hybridized carbons (Fsp3) is 0.0417. The van der Waals surface area contributed by atoms with Crippen molar-refractivity contribution in [3.63, 3.8) is 0 Å². The Morgan fingerprint density at radius 3 is 1.97 bits per heavy atom. The molecule has 1 aliphatic rings. The smallest absolute Gasteiger partial charge is 0.403 e. The van der Waals surface area contributed by atoms with Crippen LogP contribution in [0.15, 0.2) is 95.2 Å². The summed E-state index contributed by atoms with van der Waals surface area (Å²) >= 11 is 3.36. The van der Waals surface area contributed by atoms with E-state index in [9.17, 15) is 14.4 Å². The van der Waals surface area contributed by atoms with Crippen LogP contribution in [0.4, 0.5) is 4.79 Å². The van der Waals surface area contributed by atoms with Gasteiger partial charge in [0, 0.05) is 10.0 Å². The molecule has 1 aliphatic heterocycles. The molecule has 0 aliphatic carbocycles. The van der Waals surface area contributed by atoms with Crippen molar-refractivity contribution in [2.45, 2.75) is 6.54 Å². The van der Waals surface area contributed by atoms with Gasteiger partial charge in [0.2, 0.25) is 5.76 Å². The number of cyclic esters (lactones) is 1. The van der Waals surface area contributed by atoms with Gasteiger partial charge in [0.1, 0.15) is 0 Å². The van der Waals surface area contributed by atoms with Gasteiger partial charge >= 0.3 is 6.09 Å². The number of carbonyl (C=O) groups excluding carboxylic acids is 3. The molecule has 1 heterocycles. The number of carbonyl (C=O) groups is 3. The van der Waals surface area contributed by atoms with Gasteiger partial charge in [-0.1, -0.05) is 88.7 Å². The number of nitrogens with zero attached hydrogens (tertiary/aromatic N) is 1.